The summed E-state index contributed by atoms with van der Waals surface area (Å²) >= 11 is 0. The molecule has 0 aliphatic carbocycles. The van der Waals surface area contributed by atoms with Gasteiger partial charge in [0.15, 0.2) is 0 Å². The van der Waals surface area contributed by atoms with E-state index in [2.05, 4.69) is 5.32 Å². The molecule has 1 N–H and O–H groups in total. The van der Waals surface area contributed by atoms with Crippen molar-refractivity contribution in [1.29, 1.82) is 5.26 Å². The third kappa shape index (κ3) is 3.47. The lowest BCUT2D eigenvalue weighted by Gasteiger charge is -2.06. The van der Waals surface area contributed by atoms with E-state index in [0.29, 0.717) is 11.3 Å². The highest BCUT2D eigenvalue weighted by Gasteiger charge is 2.10. The number of benzene rings is 3. The van der Waals surface area contributed by atoms with Gasteiger partial charge in [0.05, 0.1) is 0 Å². The Balaban J connectivity index is 1.83. The Bertz CT molecular complexity index is 969. The minimum absolute atomic E-state index is 0.0465. The molecule has 3 nitrogen and oxygen atoms in total. The van der Waals surface area contributed by atoms with E-state index in [1.807, 2.05) is 42.5 Å². The van der Waals surface area contributed by atoms with Crippen molar-refractivity contribution < 1.29 is 9.18 Å². The van der Waals surface area contributed by atoms with E-state index in [0.717, 1.165) is 10.8 Å². The number of carbonyl (C=O) groups excluding carboxylic acids is 1. The number of carbonyl (C=O) groups is 1. The predicted octanol–water partition coefficient (Wildman–Crippen LogP) is 4.52. The van der Waals surface area contributed by atoms with Crippen molar-refractivity contribution in [1.82, 2.24) is 0 Å². The minimum atomic E-state index is -0.503. The first kappa shape index (κ1) is 15.4. The second kappa shape index (κ2) is 6.76. The van der Waals surface area contributed by atoms with Crippen LogP contribution in [0.4, 0.5) is 10.1 Å². The fourth-order valence-electron chi connectivity index (χ4n) is 2.34. The molecule has 24 heavy (non-hydrogen) atoms. The van der Waals surface area contributed by atoms with Gasteiger partial charge in [0.2, 0.25) is 0 Å². The van der Waals surface area contributed by atoms with Crippen LogP contribution >= 0.6 is 0 Å². The van der Waals surface area contributed by atoms with Gasteiger partial charge in [-0.3, -0.25) is 4.79 Å². The standard InChI is InChI=1S/C20H13FN2O/c21-18-8-5-14(6-9-18)11-17(13-22)20(24)23-19-10-7-15-3-1-2-4-16(15)12-19/h1-12H,(H,23,24)/b17-11+. The molecule has 0 saturated carbocycles. The Morgan fingerprint density at radius 3 is 2.42 bits per heavy atom. The van der Waals surface area contributed by atoms with Crippen LogP contribution in [0.2, 0.25) is 0 Å². The second-order valence-electron chi connectivity index (χ2n) is 5.24. The molecule has 0 aromatic heterocycles. The van der Waals surface area contributed by atoms with Crippen molar-refractivity contribution in [2.75, 3.05) is 5.32 Å². The Morgan fingerprint density at radius 1 is 1.00 bits per heavy atom. The number of nitrogens with one attached hydrogen (secondary N) is 1. The summed E-state index contributed by atoms with van der Waals surface area (Å²) in [4.78, 5) is 12.3. The van der Waals surface area contributed by atoms with Crippen molar-refractivity contribution in [2.24, 2.45) is 0 Å². The quantitative estimate of drug-likeness (QED) is 0.570. The second-order valence-corrected chi connectivity index (χ2v) is 5.24. The summed E-state index contributed by atoms with van der Waals surface area (Å²) in [6, 6.07) is 20.8. The van der Waals surface area contributed by atoms with Crippen LogP contribution in [0, 0.1) is 17.1 Å². The van der Waals surface area contributed by atoms with E-state index < -0.39 is 5.91 Å². The van der Waals surface area contributed by atoms with E-state index >= 15 is 0 Å². The first-order valence-electron chi connectivity index (χ1n) is 7.33. The minimum Gasteiger partial charge on any atom is -0.321 e. The largest absolute Gasteiger partial charge is 0.321 e. The summed E-state index contributed by atoms with van der Waals surface area (Å²) in [5, 5.41) is 14.0. The molecule has 0 fully saturated rings. The summed E-state index contributed by atoms with van der Waals surface area (Å²) in [6.45, 7) is 0. The zero-order valence-electron chi connectivity index (χ0n) is 12.7. The van der Waals surface area contributed by atoms with Crippen molar-refractivity contribution in [3.8, 4) is 6.07 Å². The van der Waals surface area contributed by atoms with Crippen LogP contribution in [0.25, 0.3) is 16.8 Å². The number of nitriles is 1. The summed E-state index contributed by atoms with van der Waals surface area (Å²) in [5.74, 6) is -0.872. The Hall–Kier alpha value is -3.45. The molecule has 1 amide bonds. The van der Waals surface area contributed by atoms with Crippen LogP contribution in [0.15, 0.2) is 72.3 Å². The molecule has 3 aromatic carbocycles. The molecule has 0 heterocycles. The van der Waals surface area contributed by atoms with Gasteiger partial charge in [-0.1, -0.05) is 42.5 Å². The first-order chi connectivity index (χ1) is 11.7. The molecular formula is C20H13FN2O. The molecule has 0 saturated heterocycles. The maximum Gasteiger partial charge on any atom is 0.266 e. The highest BCUT2D eigenvalue weighted by Crippen LogP contribution is 2.19. The number of hydrogen-bond acceptors (Lipinski definition) is 2. The zero-order chi connectivity index (χ0) is 16.9. The average Bonchev–Trinajstić information content (AvgIpc) is 2.61. The molecule has 3 rings (SSSR count). The van der Waals surface area contributed by atoms with E-state index in [9.17, 15) is 14.4 Å². The van der Waals surface area contributed by atoms with Gasteiger partial charge < -0.3 is 5.32 Å². The predicted molar refractivity (Wildman–Crippen MR) is 92.6 cm³/mol. The van der Waals surface area contributed by atoms with Crippen LogP contribution in [-0.2, 0) is 4.79 Å². The fourth-order valence-corrected chi connectivity index (χ4v) is 2.34. The summed E-state index contributed by atoms with van der Waals surface area (Å²) in [5.41, 5.74) is 1.15. The summed E-state index contributed by atoms with van der Waals surface area (Å²) in [6.07, 6.45) is 1.43. The SMILES string of the molecule is N#C/C(=C\c1ccc(F)cc1)C(=O)Nc1ccc2ccccc2c1. The smallest absolute Gasteiger partial charge is 0.266 e. The molecule has 116 valence electrons. The number of anilines is 1. The molecular weight excluding hydrogens is 303 g/mol. The molecule has 0 spiro atoms. The average molecular weight is 316 g/mol. The number of fused-ring (bicyclic) bond motifs is 1. The lowest BCUT2D eigenvalue weighted by molar-refractivity contribution is -0.112. The number of amides is 1. The van der Waals surface area contributed by atoms with Crippen LogP contribution in [0.5, 0.6) is 0 Å². The van der Waals surface area contributed by atoms with Crippen LogP contribution < -0.4 is 5.32 Å². The maximum atomic E-state index is 12.9. The topological polar surface area (TPSA) is 52.9 Å². The monoisotopic (exact) mass is 316 g/mol. The molecule has 0 unspecified atom stereocenters. The molecule has 0 atom stereocenters. The van der Waals surface area contributed by atoms with E-state index in [4.69, 9.17) is 0 Å². The van der Waals surface area contributed by atoms with Crippen molar-refractivity contribution in [3.05, 3.63) is 83.7 Å². The van der Waals surface area contributed by atoms with Crippen molar-refractivity contribution in [3.63, 3.8) is 0 Å². The fraction of sp³-hybridized carbons (Fsp3) is 0. The number of rotatable bonds is 3. The summed E-state index contributed by atoms with van der Waals surface area (Å²) in [7, 11) is 0. The van der Waals surface area contributed by atoms with Crippen molar-refractivity contribution in [2.45, 2.75) is 0 Å². The first-order valence-corrected chi connectivity index (χ1v) is 7.33. The third-order valence-corrected chi connectivity index (χ3v) is 3.55. The number of hydrogen-bond donors (Lipinski definition) is 1. The molecule has 0 aliphatic rings. The Labute approximate surface area is 138 Å². The van der Waals surface area contributed by atoms with Gasteiger partial charge in [0.1, 0.15) is 17.5 Å². The number of halogens is 1. The van der Waals surface area contributed by atoms with E-state index in [-0.39, 0.29) is 11.4 Å². The van der Waals surface area contributed by atoms with Gasteiger partial charge in [-0.25, -0.2) is 4.39 Å². The van der Waals surface area contributed by atoms with Crippen LogP contribution in [0.1, 0.15) is 5.56 Å². The van der Waals surface area contributed by atoms with Gasteiger partial charge in [-0.15, -0.1) is 0 Å². The third-order valence-electron chi connectivity index (χ3n) is 3.55. The maximum absolute atomic E-state index is 12.9. The van der Waals surface area contributed by atoms with Gasteiger partial charge in [-0.05, 0) is 46.7 Å². The molecule has 3 aromatic rings. The highest BCUT2D eigenvalue weighted by atomic mass is 19.1. The molecule has 0 aliphatic heterocycles. The highest BCUT2D eigenvalue weighted by molar-refractivity contribution is 6.10. The Morgan fingerprint density at radius 2 is 1.71 bits per heavy atom. The van der Waals surface area contributed by atoms with Gasteiger partial charge >= 0.3 is 0 Å². The lowest BCUT2D eigenvalue weighted by atomic mass is 10.1. The molecule has 0 radical (unpaired) electrons. The zero-order valence-corrected chi connectivity index (χ0v) is 12.7. The van der Waals surface area contributed by atoms with Crippen LogP contribution in [0.3, 0.4) is 0 Å². The Kier molecular flexibility index (Phi) is 4.35. The number of nitrogens with zero attached hydrogens (tertiary/aromatic N) is 1. The van der Waals surface area contributed by atoms with E-state index in [1.165, 1.54) is 30.3 Å². The van der Waals surface area contributed by atoms with Crippen LogP contribution in [-0.4, -0.2) is 5.91 Å². The van der Waals surface area contributed by atoms with Gasteiger partial charge in [0.25, 0.3) is 5.91 Å². The van der Waals surface area contributed by atoms with E-state index in [1.54, 1.807) is 6.07 Å². The normalized spacial score (nSPS) is 11.1. The van der Waals surface area contributed by atoms with Gasteiger partial charge in [-0.2, -0.15) is 5.26 Å². The summed E-state index contributed by atoms with van der Waals surface area (Å²) < 4.78 is 12.9. The molecule has 0 bridgehead atoms. The molecule has 4 heteroatoms. The van der Waals surface area contributed by atoms with Gasteiger partial charge in [0, 0.05) is 5.69 Å². The lowest BCUT2D eigenvalue weighted by Crippen LogP contribution is -2.13. The van der Waals surface area contributed by atoms with Crippen molar-refractivity contribution >= 4 is 28.4 Å².